The summed E-state index contributed by atoms with van der Waals surface area (Å²) >= 11 is 0. The number of carbonyl (C=O) groups excluding carboxylic acids is 4. The Labute approximate surface area is 175 Å². The molecule has 4 amide bonds. The van der Waals surface area contributed by atoms with Crippen LogP contribution in [0.25, 0.3) is 0 Å². The lowest BCUT2D eigenvalue weighted by Crippen LogP contribution is -2.45. The van der Waals surface area contributed by atoms with E-state index in [1.807, 2.05) is 50.2 Å². The number of ether oxygens (including phenoxy) is 1. The van der Waals surface area contributed by atoms with Gasteiger partial charge >= 0.3 is 12.0 Å². The maximum Gasteiger partial charge on any atom is 0.326 e. The van der Waals surface area contributed by atoms with Gasteiger partial charge < -0.3 is 15.4 Å². The largest absolute Gasteiger partial charge is 0.451 e. The van der Waals surface area contributed by atoms with Gasteiger partial charge in [0.15, 0.2) is 6.10 Å². The summed E-state index contributed by atoms with van der Waals surface area (Å²) < 4.78 is 4.96. The second-order valence-electron chi connectivity index (χ2n) is 6.85. The molecule has 0 bridgehead atoms. The van der Waals surface area contributed by atoms with Gasteiger partial charge in [0.2, 0.25) is 0 Å². The molecule has 8 heteroatoms. The monoisotopic (exact) mass is 411 g/mol. The lowest BCUT2D eigenvalue weighted by Gasteiger charge is -2.14. The van der Waals surface area contributed by atoms with Crippen molar-refractivity contribution in [2.75, 3.05) is 6.54 Å². The molecule has 0 aliphatic carbocycles. The zero-order valence-corrected chi connectivity index (χ0v) is 17.2. The van der Waals surface area contributed by atoms with E-state index in [1.165, 1.54) is 6.92 Å². The van der Waals surface area contributed by atoms with Crippen LogP contribution in [0, 0.1) is 13.8 Å². The number of hydrogen-bond acceptors (Lipinski definition) is 5. The van der Waals surface area contributed by atoms with E-state index in [0.29, 0.717) is 5.56 Å². The molecule has 0 aromatic heterocycles. The van der Waals surface area contributed by atoms with E-state index in [4.69, 9.17) is 4.74 Å². The Bertz CT molecular complexity index is 907. The SMILES string of the molecule is Cc1cc(C)cc(C(=O)NCC(=O)OC(C)C(=O)NC(=O)NCc2ccccc2)c1. The number of esters is 1. The molecular formula is C22H25N3O5. The number of urea groups is 1. The lowest BCUT2D eigenvalue weighted by atomic mass is 10.1. The minimum atomic E-state index is -1.20. The molecule has 2 rings (SSSR count). The summed E-state index contributed by atoms with van der Waals surface area (Å²) in [5, 5.41) is 7.09. The summed E-state index contributed by atoms with van der Waals surface area (Å²) in [4.78, 5) is 47.9. The van der Waals surface area contributed by atoms with Crippen molar-refractivity contribution in [1.82, 2.24) is 16.0 Å². The normalized spacial score (nSPS) is 11.2. The van der Waals surface area contributed by atoms with Crippen molar-refractivity contribution in [2.24, 2.45) is 0 Å². The van der Waals surface area contributed by atoms with Crippen molar-refractivity contribution >= 4 is 23.8 Å². The first-order chi connectivity index (χ1) is 14.2. The van der Waals surface area contributed by atoms with Crippen molar-refractivity contribution in [3.8, 4) is 0 Å². The second-order valence-corrected chi connectivity index (χ2v) is 6.85. The van der Waals surface area contributed by atoms with Gasteiger partial charge in [-0.1, -0.05) is 47.5 Å². The van der Waals surface area contributed by atoms with Crippen LogP contribution >= 0.6 is 0 Å². The Morgan fingerprint density at radius 1 is 0.933 bits per heavy atom. The van der Waals surface area contributed by atoms with Crippen LogP contribution in [0.1, 0.15) is 34.0 Å². The molecule has 0 aliphatic rings. The topological polar surface area (TPSA) is 114 Å². The minimum absolute atomic E-state index is 0.249. The first-order valence-corrected chi connectivity index (χ1v) is 9.43. The lowest BCUT2D eigenvalue weighted by molar-refractivity contribution is -0.153. The first-order valence-electron chi connectivity index (χ1n) is 9.43. The Morgan fingerprint density at radius 2 is 1.57 bits per heavy atom. The summed E-state index contributed by atoms with van der Waals surface area (Å²) in [6, 6.07) is 13.8. The smallest absolute Gasteiger partial charge is 0.326 e. The van der Waals surface area contributed by atoms with Crippen LogP contribution in [0.3, 0.4) is 0 Å². The first kappa shape index (κ1) is 22.6. The third kappa shape index (κ3) is 7.38. The maximum atomic E-state index is 12.2. The average Bonchev–Trinajstić information content (AvgIpc) is 2.70. The average molecular weight is 411 g/mol. The summed E-state index contributed by atoms with van der Waals surface area (Å²) in [7, 11) is 0. The van der Waals surface area contributed by atoms with Gasteiger partial charge in [-0.25, -0.2) is 4.79 Å². The van der Waals surface area contributed by atoms with Crippen molar-refractivity contribution < 1.29 is 23.9 Å². The molecule has 0 saturated heterocycles. The van der Waals surface area contributed by atoms with Crippen LogP contribution < -0.4 is 16.0 Å². The number of amides is 4. The third-order valence-electron chi connectivity index (χ3n) is 4.09. The van der Waals surface area contributed by atoms with E-state index in [-0.39, 0.29) is 6.54 Å². The number of benzene rings is 2. The van der Waals surface area contributed by atoms with E-state index < -0.39 is 36.5 Å². The second kappa shape index (κ2) is 10.8. The summed E-state index contributed by atoms with van der Waals surface area (Å²) in [6.45, 7) is 4.92. The molecule has 0 saturated carbocycles. The van der Waals surface area contributed by atoms with Crippen LogP contribution in [-0.2, 0) is 20.9 Å². The standard InChI is InChI=1S/C22H25N3O5/c1-14-9-15(2)11-18(10-14)21(28)23-13-19(26)30-16(3)20(27)25-22(29)24-12-17-7-5-4-6-8-17/h4-11,16H,12-13H2,1-3H3,(H,23,28)(H2,24,25,27,29). The van der Waals surface area contributed by atoms with Crippen LogP contribution in [0.4, 0.5) is 4.79 Å². The third-order valence-corrected chi connectivity index (χ3v) is 4.09. The number of nitrogens with one attached hydrogen (secondary N) is 3. The summed E-state index contributed by atoms with van der Waals surface area (Å²) in [6.07, 6.45) is -1.20. The van der Waals surface area contributed by atoms with E-state index in [1.54, 1.807) is 12.1 Å². The highest BCUT2D eigenvalue weighted by atomic mass is 16.5. The van der Waals surface area contributed by atoms with Gasteiger partial charge in [0, 0.05) is 12.1 Å². The molecule has 0 fully saturated rings. The van der Waals surface area contributed by atoms with Crippen LogP contribution in [-0.4, -0.2) is 36.5 Å². The zero-order valence-electron chi connectivity index (χ0n) is 17.2. The predicted octanol–water partition coefficient (Wildman–Crippen LogP) is 1.99. The van der Waals surface area contributed by atoms with E-state index >= 15 is 0 Å². The highest BCUT2D eigenvalue weighted by Crippen LogP contribution is 2.08. The van der Waals surface area contributed by atoms with E-state index in [2.05, 4.69) is 16.0 Å². The number of carbonyl (C=O) groups is 4. The molecule has 30 heavy (non-hydrogen) atoms. The Kier molecular flexibility index (Phi) is 8.10. The van der Waals surface area contributed by atoms with Gasteiger partial charge in [-0.05, 0) is 38.5 Å². The fourth-order valence-corrected chi connectivity index (χ4v) is 2.69. The number of imide groups is 1. The van der Waals surface area contributed by atoms with Crippen molar-refractivity contribution in [1.29, 1.82) is 0 Å². The predicted molar refractivity (Wildman–Crippen MR) is 111 cm³/mol. The van der Waals surface area contributed by atoms with Gasteiger partial charge in [0.1, 0.15) is 6.54 Å². The fraction of sp³-hybridized carbons (Fsp3) is 0.273. The molecular weight excluding hydrogens is 386 g/mol. The molecule has 158 valence electrons. The molecule has 1 atom stereocenters. The van der Waals surface area contributed by atoms with Crippen LogP contribution in [0.5, 0.6) is 0 Å². The zero-order chi connectivity index (χ0) is 22.1. The summed E-state index contributed by atoms with van der Waals surface area (Å²) in [5.41, 5.74) is 3.16. The van der Waals surface area contributed by atoms with Crippen molar-refractivity contribution in [3.05, 3.63) is 70.8 Å². The molecule has 3 N–H and O–H groups in total. The molecule has 0 radical (unpaired) electrons. The number of rotatable bonds is 7. The van der Waals surface area contributed by atoms with Gasteiger partial charge in [-0.3, -0.25) is 19.7 Å². The Balaban J connectivity index is 1.74. The molecule has 0 aliphatic heterocycles. The molecule has 2 aromatic rings. The van der Waals surface area contributed by atoms with Crippen LogP contribution in [0.2, 0.25) is 0 Å². The highest BCUT2D eigenvalue weighted by molar-refractivity contribution is 5.98. The van der Waals surface area contributed by atoms with E-state index in [9.17, 15) is 19.2 Å². The van der Waals surface area contributed by atoms with Gasteiger partial charge in [-0.15, -0.1) is 0 Å². The van der Waals surface area contributed by atoms with Gasteiger partial charge in [-0.2, -0.15) is 0 Å². The number of aryl methyl sites for hydroxylation is 2. The molecule has 8 nitrogen and oxygen atoms in total. The van der Waals surface area contributed by atoms with E-state index in [0.717, 1.165) is 16.7 Å². The molecule has 0 spiro atoms. The molecule has 0 heterocycles. The number of hydrogen-bond donors (Lipinski definition) is 3. The van der Waals surface area contributed by atoms with Crippen molar-refractivity contribution in [2.45, 2.75) is 33.4 Å². The highest BCUT2D eigenvalue weighted by Gasteiger charge is 2.20. The Morgan fingerprint density at radius 3 is 2.20 bits per heavy atom. The minimum Gasteiger partial charge on any atom is -0.451 e. The van der Waals surface area contributed by atoms with Gasteiger partial charge in [0.05, 0.1) is 0 Å². The van der Waals surface area contributed by atoms with Crippen molar-refractivity contribution in [3.63, 3.8) is 0 Å². The Hall–Kier alpha value is -3.68. The molecule has 2 aromatic carbocycles. The molecule has 1 unspecified atom stereocenters. The summed E-state index contributed by atoms with van der Waals surface area (Å²) in [5.74, 6) is -1.98. The van der Waals surface area contributed by atoms with Gasteiger partial charge in [0.25, 0.3) is 11.8 Å². The maximum absolute atomic E-state index is 12.2. The quantitative estimate of drug-likeness (QED) is 0.603. The fourth-order valence-electron chi connectivity index (χ4n) is 2.69. The van der Waals surface area contributed by atoms with Crippen LogP contribution in [0.15, 0.2) is 48.5 Å².